The van der Waals surface area contributed by atoms with E-state index in [1.807, 2.05) is 13.8 Å². The first-order valence-electron chi connectivity index (χ1n) is 5.75. The fourth-order valence-corrected chi connectivity index (χ4v) is 2.63. The highest BCUT2D eigenvalue weighted by atomic mass is 32.1. The van der Waals surface area contributed by atoms with Crippen molar-refractivity contribution in [3.63, 3.8) is 0 Å². The van der Waals surface area contributed by atoms with Crippen LogP contribution in [0.1, 0.15) is 17.2 Å². The molecule has 0 spiro atoms. The summed E-state index contributed by atoms with van der Waals surface area (Å²) in [5.41, 5.74) is 1.44. The summed E-state index contributed by atoms with van der Waals surface area (Å²) in [4.78, 5) is 25.6. The molecule has 0 aromatic carbocycles. The van der Waals surface area contributed by atoms with Crippen molar-refractivity contribution >= 4 is 21.7 Å². The van der Waals surface area contributed by atoms with Gasteiger partial charge in [-0.1, -0.05) is 0 Å². The van der Waals surface area contributed by atoms with Crippen molar-refractivity contribution in [2.24, 2.45) is 0 Å². The van der Waals surface area contributed by atoms with Gasteiger partial charge >= 0.3 is 0 Å². The second-order valence-corrected chi connectivity index (χ2v) is 4.97. The molecule has 0 atom stereocenters. The molecule has 0 aliphatic carbocycles. The molecule has 6 nitrogen and oxygen atoms in total. The van der Waals surface area contributed by atoms with Gasteiger partial charge in [0.2, 0.25) is 0 Å². The Balaban J connectivity index is 2.08. The fraction of sp³-hybridized carbons (Fsp3) is 0.250. The summed E-state index contributed by atoms with van der Waals surface area (Å²) in [6.07, 6.45) is 3.23. The number of hydrogen-bond donors (Lipinski definition) is 0. The summed E-state index contributed by atoms with van der Waals surface area (Å²) in [7, 11) is 0. The molecule has 0 aliphatic heterocycles. The molecule has 0 fully saturated rings. The van der Waals surface area contributed by atoms with Crippen LogP contribution < -0.4 is 5.56 Å². The lowest BCUT2D eigenvalue weighted by atomic mass is 10.3. The Morgan fingerprint density at radius 3 is 2.95 bits per heavy atom. The standard InChI is InChI=1S/C12H11N5OS/c1-7-10-11(19-16-7)14-6-17(12(10)18)5-9-3-4-13-8(2)15-9/h3-4,6H,5H2,1-2H3. The van der Waals surface area contributed by atoms with Crippen molar-refractivity contribution in [1.82, 2.24) is 23.9 Å². The number of fused-ring (bicyclic) bond motifs is 1. The van der Waals surface area contributed by atoms with Crippen molar-refractivity contribution < 1.29 is 0 Å². The third kappa shape index (κ3) is 2.12. The molecule has 0 saturated carbocycles. The summed E-state index contributed by atoms with van der Waals surface area (Å²) >= 11 is 1.25. The molecule has 0 bridgehead atoms. The molecular weight excluding hydrogens is 262 g/mol. The zero-order chi connectivity index (χ0) is 13.4. The second-order valence-electron chi connectivity index (χ2n) is 4.22. The number of rotatable bonds is 2. The van der Waals surface area contributed by atoms with E-state index in [1.165, 1.54) is 11.5 Å². The maximum Gasteiger partial charge on any atom is 0.264 e. The first-order valence-corrected chi connectivity index (χ1v) is 6.52. The SMILES string of the molecule is Cc1nccc(Cn2cnc3snc(C)c3c2=O)n1. The molecule has 0 N–H and O–H groups in total. The van der Waals surface area contributed by atoms with E-state index >= 15 is 0 Å². The van der Waals surface area contributed by atoms with Crippen LogP contribution in [0, 0.1) is 13.8 Å². The minimum atomic E-state index is -0.0764. The summed E-state index contributed by atoms with van der Waals surface area (Å²) < 4.78 is 5.71. The molecule has 7 heteroatoms. The van der Waals surface area contributed by atoms with Crippen LogP contribution in [0.5, 0.6) is 0 Å². The van der Waals surface area contributed by atoms with E-state index in [0.29, 0.717) is 22.6 Å². The van der Waals surface area contributed by atoms with Crippen molar-refractivity contribution in [2.75, 3.05) is 0 Å². The summed E-state index contributed by atoms with van der Waals surface area (Å²) in [5.74, 6) is 0.688. The third-order valence-electron chi connectivity index (χ3n) is 2.80. The van der Waals surface area contributed by atoms with Gasteiger partial charge in [-0.05, 0) is 31.4 Å². The van der Waals surface area contributed by atoms with E-state index in [1.54, 1.807) is 23.2 Å². The molecule has 0 amide bonds. The lowest BCUT2D eigenvalue weighted by Gasteiger charge is -2.05. The second kappa shape index (κ2) is 4.51. The molecule has 0 saturated heterocycles. The zero-order valence-electron chi connectivity index (χ0n) is 10.5. The van der Waals surface area contributed by atoms with Gasteiger partial charge in [0, 0.05) is 6.20 Å². The molecule has 19 heavy (non-hydrogen) atoms. The van der Waals surface area contributed by atoms with E-state index in [4.69, 9.17) is 0 Å². The Morgan fingerprint density at radius 1 is 1.32 bits per heavy atom. The molecule has 96 valence electrons. The molecule has 3 aromatic heterocycles. The Kier molecular flexibility index (Phi) is 2.83. The predicted molar refractivity (Wildman–Crippen MR) is 72.3 cm³/mol. The highest BCUT2D eigenvalue weighted by Gasteiger charge is 2.10. The Labute approximate surface area is 113 Å². The summed E-state index contributed by atoms with van der Waals surface area (Å²) in [6, 6.07) is 1.79. The van der Waals surface area contributed by atoms with Gasteiger partial charge < -0.3 is 0 Å². The monoisotopic (exact) mass is 273 g/mol. The number of aryl methyl sites for hydroxylation is 2. The van der Waals surface area contributed by atoms with Crippen molar-refractivity contribution in [3.05, 3.63) is 46.2 Å². The molecule has 0 radical (unpaired) electrons. The minimum Gasteiger partial charge on any atom is -0.293 e. The van der Waals surface area contributed by atoms with Crippen LogP contribution in [0.4, 0.5) is 0 Å². The highest BCUT2D eigenvalue weighted by Crippen LogP contribution is 2.15. The van der Waals surface area contributed by atoms with Gasteiger partial charge in [0.1, 0.15) is 5.82 Å². The maximum atomic E-state index is 12.3. The normalized spacial score (nSPS) is 11.1. The van der Waals surface area contributed by atoms with Crippen LogP contribution in [-0.4, -0.2) is 23.9 Å². The van der Waals surface area contributed by atoms with Crippen LogP contribution in [0.3, 0.4) is 0 Å². The predicted octanol–water partition coefficient (Wildman–Crippen LogP) is 1.31. The smallest absolute Gasteiger partial charge is 0.264 e. The van der Waals surface area contributed by atoms with Crippen LogP contribution in [0.15, 0.2) is 23.4 Å². The average molecular weight is 273 g/mol. The van der Waals surface area contributed by atoms with Gasteiger partial charge in [0.15, 0.2) is 4.83 Å². The van der Waals surface area contributed by atoms with Gasteiger partial charge in [0.25, 0.3) is 5.56 Å². The number of hydrogen-bond acceptors (Lipinski definition) is 6. The molecule has 0 aliphatic rings. The Bertz CT molecular complexity index is 807. The average Bonchev–Trinajstić information content (AvgIpc) is 2.75. The largest absolute Gasteiger partial charge is 0.293 e. The van der Waals surface area contributed by atoms with Crippen molar-refractivity contribution in [3.8, 4) is 0 Å². The van der Waals surface area contributed by atoms with E-state index in [-0.39, 0.29) is 5.56 Å². The quantitative estimate of drug-likeness (QED) is 0.703. The molecule has 3 heterocycles. The van der Waals surface area contributed by atoms with Crippen LogP contribution in [0.25, 0.3) is 10.2 Å². The van der Waals surface area contributed by atoms with Gasteiger partial charge in [0.05, 0.1) is 29.6 Å². The summed E-state index contributed by atoms with van der Waals surface area (Å²) in [5, 5.41) is 0.596. The van der Waals surface area contributed by atoms with E-state index in [9.17, 15) is 4.79 Å². The molecule has 3 rings (SSSR count). The van der Waals surface area contributed by atoms with Gasteiger partial charge in [-0.2, -0.15) is 4.37 Å². The van der Waals surface area contributed by atoms with Crippen molar-refractivity contribution in [1.29, 1.82) is 0 Å². The van der Waals surface area contributed by atoms with E-state index in [0.717, 1.165) is 11.4 Å². The zero-order valence-corrected chi connectivity index (χ0v) is 11.3. The van der Waals surface area contributed by atoms with E-state index in [2.05, 4.69) is 19.3 Å². The lowest BCUT2D eigenvalue weighted by molar-refractivity contribution is 0.723. The fourth-order valence-electron chi connectivity index (χ4n) is 1.89. The van der Waals surface area contributed by atoms with Crippen LogP contribution in [0.2, 0.25) is 0 Å². The summed E-state index contributed by atoms with van der Waals surface area (Å²) in [6.45, 7) is 4.03. The molecular formula is C12H11N5OS. The first-order chi connectivity index (χ1) is 9.15. The topological polar surface area (TPSA) is 73.6 Å². The van der Waals surface area contributed by atoms with Gasteiger partial charge in [-0.25, -0.2) is 15.0 Å². The minimum absolute atomic E-state index is 0.0764. The lowest BCUT2D eigenvalue weighted by Crippen LogP contribution is -2.21. The van der Waals surface area contributed by atoms with Gasteiger partial charge in [-0.15, -0.1) is 0 Å². The molecule has 3 aromatic rings. The van der Waals surface area contributed by atoms with E-state index < -0.39 is 0 Å². The molecule has 0 unspecified atom stereocenters. The number of aromatic nitrogens is 5. The first kappa shape index (κ1) is 11.9. The van der Waals surface area contributed by atoms with Gasteiger partial charge in [-0.3, -0.25) is 9.36 Å². The van der Waals surface area contributed by atoms with Crippen LogP contribution in [-0.2, 0) is 6.54 Å². The number of nitrogens with zero attached hydrogens (tertiary/aromatic N) is 5. The van der Waals surface area contributed by atoms with Crippen LogP contribution >= 0.6 is 11.5 Å². The van der Waals surface area contributed by atoms with Crippen molar-refractivity contribution in [2.45, 2.75) is 20.4 Å². The highest BCUT2D eigenvalue weighted by molar-refractivity contribution is 7.12. The Morgan fingerprint density at radius 2 is 2.16 bits per heavy atom. The Hall–Kier alpha value is -2.15. The third-order valence-corrected chi connectivity index (χ3v) is 3.65. The maximum absolute atomic E-state index is 12.3.